The summed E-state index contributed by atoms with van der Waals surface area (Å²) in [4.78, 5) is 38.5. The minimum atomic E-state index is -0.764. The van der Waals surface area contributed by atoms with Gasteiger partial charge in [-0.1, -0.05) is 400 Å². The van der Waals surface area contributed by atoms with Crippen molar-refractivity contribution in [2.24, 2.45) is 0 Å². The van der Waals surface area contributed by atoms with Crippen molar-refractivity contribution >= 4 is 17.9 Å². The molecule has 0 aromatic rings. The van der Waals surface area contributed by atoms with Crippen LogP contribution in [0.3, 0.4) is 0 Å². The van der Waals surface area contributed by atoms with Crippen molar-refractivity contribution in [3.63, 3.8) is 0 Å². The van der Waals surface area contributed by atoms with Crippen molar-refractivity contribution in [2.75, 3.05) is 13.2 Å². The second-order valence-electron chi connectivity index (χ2n) is 25.6. The van der Waals surface area contributed by atoms with Gasteiger partial charge < -0.3 is 14.2 Å². The Kier molecular flexibility index (Phi) is 68.5. The Morgan fingerprint density at radius 1 is 0.200 bits per heavy atom. The number of carbonyl (C=O) groups is 3. The largest absolute Gasteiger partial charge is 0.462 e. The molecule has 0 saturated heterocycles. The topological polar surface area (TPSA) is 78.9 Å². The Hall–Kier alpha value is -1.59. The Bertz CT molecular complexity index is 1200. The van der Waals surface area contributed by atoms with Gasteiger partial charge in [-0.2, -0.15) is 0 Å². The molecule has 0 radical (unpaired) electrons. The summed E-state index contributed by atoms with van der Waals surface area (Å²) in [6.07, 6.45) is 82.8. The van der Waals surface area contributed by atoms with E-state index in [4.69, 9.17) is 14.2 Å². The highest BCUT2D eigenvalue weighted by atomic mass is 16.6. The summed E-state index contributed by atoms with van der Waals surface area (Å²) < 4.78 is 17.0. The summed E-state index contributed by atoms with van der Waals surface area (Å²) in [6.45, 7) is 6.76. The van der Waals surface area contributed by atoms with Gasteiger partial charge in [-0.05, 0) is 19.3 Å². The highest BCUT2D eigenvalue weighted by molar-refractivity contribution is 5.71. The molecule has 0 N–H and O–H groups in total. The zero-order chi connectivity index (χ0) is 57.8. The lowest BCUT2D eigenvalue weighted by atomic mass is 10.0. The monoisotopic (exact) mass is 1130 g/mol. The van der Waals surface area contributed by atoms with E-state index >= 15 is 0 Å². The van der Waals surface area contributed by atoms with Gasteiger partial charge in [0.1, 0.15) is 13.2 Å². The van der Waals surface area contributed by atoms with Crippen LogP contribution in [-0.2, 0) is 28.6 Å². The Morgan fingerprint density at radius 2 is 0.338 bits per heavy atom. The molecule has 0 fully saturated rings. The van der Waals surface area contributed by atoms with Crippen molar-refractivity contribution in [1.82, 2.24) is 0 Å². The van der Waals surface area contributed by atoms with E-state index < -0.39 is 6.10 Å². The molecule has 6 heteroatoms. The lowest BCUT2D eigenvalue weighted by Gasteiger charge is -2.18. The third-order valence-corrected chi connectivity index (χ3v) is 17.4. The van der Waals surface area contributed by atoms with Gasteiger partial charge in [-0.3, -0.25) is 14.4 Å². The average molecular weight is 1130 g/mol. The summed E-state index contributed by atoms with van der Waals surface area (Å²) >= 11 is 0. The van der Waals surface area contributed by atoms with Crippen LogP contribution in [-0.4, -0.2) is 37.2 Å². The molecule has 0 saturated carbocycles. The number of carbonyl (C=O) groups excluding carboxylic acids is 3. The standard InChI is InChI=1S/C74H144O6/c1-4-7-10-13-16-19-22-25-28-31-33-35-36-37-38-40-41-43-46-49-52-55-58-61-64-67-73(76)79-70-71(69-78-72(75)66-63-60-57-54-51-48-45-30-27-24-21-18-15-12-9-6-3)80-74(77)68-65-62-59-56-53-50-47-44-42-39-34-32-29-26-23-20-17-14-11-8-5-2/h71H,4-70H2,1-3H3. The number of hydrogen-bond donors (Lipinski definition) is 0. The Morgan fingerprint density at radius 3 is 0.500 bits per heavy atom. The van der Waals surface area contributed by atoms with Crippen LogP contribution in [0.1, 0.15) is 438 Å². The van der Waals surface area contributed by atoms with Crippen LogP contribution >= 0.6 is 0 Å². The van der Waals surface area contributed by atoms with Gasteiger partial charge in [0, 0.05) is 19.3 Å². The third-order valence-electron chi connectivity index (χ3n) is 17.4. The molecule has 476 valence electrons. The summed E-state index contributed by atoms with van der Waals surface area (Å²) in [5.74, 6) is -0.815. The smallest absolute Gasteiger partial charge is 0.306 e. The molecule has 6 nitrogen and oxygen atoms in total. The van der Waals surface area contributed by atoms with Crippen molar-refractivity contribution in [3.8, 4) is 0 Å². The number of unbranched alkanes of at least 4 members (excludes halogenated alkanes) is 59. The molecule has 0 bridgehead atoms. The number of hydrogen-bond acceptors (Lipinski definition) is 6. The minimum Gasteiger partial charge on any atom is -0.462 e. The first-order valence-electron chi connectivity index (χ1n) is 37.0. The second kappa shape index (κ2) is 69.9. The first kappa shape index (κ1) is 78.4. The SMILES string of the molecule is CCCCCCCCCCCCCCCCCCCCCCCCCCCC(=O)OCC(COC(=O)CCCCCCCCCCCCCCCCCC)OC(=O)CCCCCCCCCCCCCCCCCCCCCCC. The van der Waals surface area contributed by atoms with E-state index in [0.29, 0.717) is 19.3 Å². The summed E-state index contributed by atoms with van der Waals surface area (Å²) in [5, 5.41) is 0. The van der Waals surface area contributed by atoms with E-state index in [-0.39, 0.29) is 31.1 Å². The first-order valence-corrected chi connectivity index (χ1v) is 37.0. The van der Waals surface area contributed by atoms with Gasteiger partial charge in [-0.15, -0.1) is 0 Å². The molecule has 0 amide bonds. The molecule has 1 unspecified atom stereocenters. The van der Waals surface area contributed by atoms with Gasteiger partial charge in [-0.25, -0.2) is 0 Å². The molecule has 1 atom stereocenters. The molecular weight excluding hydrogens is 985 g/mol. The van der Waals surface area contributed by atoms with Crippen LogP contribution in [0.2, 0.25) is 0 Å². The van der Waals surface area contributed by atoms with Gasteiger partial charge in [0.25, 0.3) is 0 Å². The van der Waals surface area contributed by atoms with Crippen molar-refractivity contribution in [3.05, 3.63) is 0 Å². The molecule has 0 spiro atoms. The van der Waals surface area contributed by atoms with Gasteiger partial charge in [0.15, 0.2) is 6.10 Å². The maximum atomic E-state index is 13.0. The molecule has 80 heavy (non-hydrogen) atoms. The fraction of sp³-hybridized carbons (Fsp3) is 0.959. The van der Waals surface area contributed by atoms with Crippen LogP contribution in [0.25, 0.3) is 0 Å². The van der Waals surface area contributed by atoms with Gasteiger partial charge in [0.05, 0.1) is 0 Å². The van der Waals surface area contributed by atoms with Gasteiger partial charge >= 0.3 is 17.9 Å². The highest BCUT2D eigenvalue weighted by Gasteiger charge is 2.20. The van der Waals surface area contributed by atoms with E-state index in [1.165, 1.54) is 340 Å². The van der Waals surface area contributed by atoms with Crippen LogP contribution < -0.4 is 0 Å². The van der Waals surface area contributed by atoms with Crippen molar-refractivity contribution < 1.29 is 28.6 Å². The predicted molar refractivity (Wildman–Crippen MR) is 349 cm³/mol. The predicted octanol–water partition coefficient (Wildman–Crippen LogP) is 25.4. The molecular formula is C74H144O6. The molecule has 0 aromatic heterocycles. The lowest BCUT2D eigenvalue weighted by Crippen LogP contribution is -2.30. The summed E-state index contributed by atoms with van der Waals surface area (Å²) in [7, 11) is 0. The van der Waals surface area contributed by atoms with E-state index in [1.807, 2.05) is 0 Å². The van der Waals surface area contributed by atoms with Gasteiger partial charge in [0.2, 0.25) is 0 Å². The van der Waals surface area contributed by atoms with E-state index in [2.05, 4.69) is 20.8 Å². The molecule has 0 aliphatic rings. The number of ether oxygens (including phenoxy) is 3. The van der Waals surface area contributed by atoms with Crippen LogP contribution in [0.5, 0.6) is 0 Å². The molecule has 0 aromatic carbocycles. The zero-order valence-electron chi connectivity index (χ0n) is 54.9. The number of rotatable bonds is 70. The van der Waals surface area contributed by atoms with Crippen LogP contribution in [0.15, 0.2) is 0 Å². The first-order chi connectivity index (χ1) is 39.5. The maximum absolute atomic E-state index is 13.0. The van der Waals surface area contributed by atoms with Crippen molar-refractivity contribution in [2.45, 2.75) is 444 Å². The molecule has 0 rings (SSSR count). The summed E-state index contributed by atoms with van der Waals surface area (Å²) in [5.41, 5.74) is 0. The summed E-state index contributed by atoms with van der Waals surface area (Å²) in [6, 6.07) is 0. The average Bonchev–Trinajstić information content (AvgIpc) is 3.46. The lowest BCUT2D eigenvalue weighted by molar-refractivity contribution is -0.167. The molecule has 0 aliphatic carbocycles. The maximum Gasteiger partial charge on any atom is 0.306 e. The Balaban J connectivity index is 4.22. The highest BCUT2D eigenvalue weighted by Crippen LogP contribution is 2.20. The van der Waals surface area contributed by atoms with E-state index in [1.54, 1.807) is 0 Å². The fourth-order valence-electron chi connectivity index (χ4n) is 11.8. The van der Waals surface area contributed by atoms with E-state index in [0.717, 1.165) is 57.8 Å². The zero-order valence-corrected chi connectivity index (χ0v) is 54.9. The normalized spacial score (nSPS) is 11.9. The second-order valence-corrected chi connectivity index (χ2v) is 25.6. The minimum absolute atomic E-state index is 0.0599. The fourth-order valence-corrected chi connectivity index (χ4v) is 11.8. The van der Waals surface area contributed by atoms with Crippen LogP contribution in [0, 0.1) is 0 Å². The third kappa shape index (κ3) is 67.2. The molecule has 0 aliphatic heterocycles. The Labute approximate surface area is 501 Å². The van der Waals surface area contributed by atoms with E-state index in [9.17, 15) is 14.4 Å². The molecule has 0 heterocycles. The van der Waals surface area contributed by atoms with Crippen molar-refractivity contribution in [1.29, 1.82) is 0 Å². The van der Waals surface area contributed by atoms with Crippen LogP contribution in [0.4, 0.5) is 0 Å². The quantitative estimate of drug-likeness (QED) is 0.0343. The number of esters is 3.